The number of hydrogen-bond donors (Lipinski definition) is 0. The third-order valence-electron chi connectivity index (χ3n) is 8.48. The van der Waals surface area contributed by atoms with E-state index >= 15 is 0 Å². The second-order valence-corrected chi connectivity index (χ2v) is 10.6. The van der Waals surface area contributed by atoms with Crippen molar-refractivity contribution in [2.45, 2.75) is 32.4 Å². The monoisotopic (exact) mass is 503 g/mol. The van der Waals surface area contributed by atoms with Crippen LogP contribution >= 0.6 is 0 Å². The number of rotatable bonds is 6. The van der Waals surface area contributed by atoms with E-state index in [0.717, 1.165) is 34.9 Å². The number of nitrogens with zero attached hydrogens (tertiary/aromatic N) is 1. The van der Waals surface area contributed by atoms with Crippen LogP contribution in [0.3, 0.4) is 0 Å². The standard InChI is InChI=1S/C34H33NO3/c1-34-20-10-9-15-28(34)32(35(33(34)36)22-23-11-5-4-6-12-23)27-18-16-24-13-7-8-14-26(24)31(27)25-17-19-29(37-2)30(21-25)38-3/h4-9,11-19,21,28,32H,10,20,22H2,1-3H3/t28?,32?,34-/m1/s1. The minimum atomic E-state index is -0.422. The second kappa shape index (κ2) is 9.68. The molecule has 4 aromatic rings. The van der Waals surface area contributed by atoms with Crippen molar-refractivity contribution in [3.05, 3.63) is 108 Å². The Morgan fingerprint density at radius 3 is 2.45 bits per heavy atom. The molecule has 38 heavy (non-hydrogen) atoms. The van der Waals surface area contributed by atoms with Crippen LogP contribution in [0.15, 0.2) is 97.1 Å². The molecule has 3 atom stereocenters. The fourth-order valence-corrected chi connectivity index (χ4v) is 6.52. The summed E-state index contributed by atoms with van der Waals surface area (Å²) < 4.78 is 11.2. The molecule has 0 spiro atoms. The topological polar surface area (TPSA) is 38.8 Å². The van der Waals surface area contributed by atoms with Gasteiger partial charge in [0.05, 0.1) is 25.7 Å². The Morgan fingerprint density at radius 2 is 1.66 bits per heavy atom. The van der Waals surface area contributed by atoms with Gasteiger partial charge in [-0.15, -0.1) is 0 Å². The lowest BCUT2D eigenvalue weighted by atomic mass is 9.69. The Morgan fingerprint density at radius 1 is 0.895 bits per heavy atom. The van der Waals surface area contributed by atoms with Gasteiger partial charge in [-0.25, -0.2) is 0 Å². The van der Waals surface area contributed by atoms with E-state index in [4.69, 9.17) is 9.47 Å². The fraction of sp³-hybridized carbons (Fsp3) is 0.265. The average Bonchev–Trinajstić information content (AvgIpc) is 3.18. The largest absolute Gasteiger partial charge is 0.493 e. The van der Waals surface area contributed by atoms with E-state index in [9.17, 15) is 4.79 Å². The van der Waals surface area contributed by atoms with E-state index < -0.39 is 5.41 Å². The second-order valence-electron chi connectivity index (χ2n) is 10.6. The summed E-state index contributed by atoms with van der Waals surface area (Å²) in [6.07, 6.45) is 6.36. The summed E-state index contributed by atoms with van der Waals surface area (Å²) in [5.41, 5.74) is 4.08. The Labute approximate surface area is 224 Å². The first-order chi connectivity index (χ1) is 18.5. The Kier molecular flexibility index (Phi) is 6.19. The number of carbonyl (C=O) groups is 1. The zero-order valence-corrected chi connectivity index (χ0v) is 22.2. The van der Waals surface area contributed by atoms with Crippen LogP contribution in [0.2, 0.25) is 0 Å². The maximum Gasteiger partial charge on any atom is 0.230 e. The van der Waals surface area contributed by atoms with Gasteiger partial charge in [-0.2, -0.15) is 0 Å². The number of likely N-dealkylation sites (tertiary alicyclic amines) is 1. The van der Waals surface area contributed by atoms with Crippen LogP contribution in [-0.4, -0.2) is 25.0 Å². The molecule has 1 aliphatic heterocycles. The Balaban J connectivity index is 1.60. The van der Waals surface area contributed by atoms with Crippen LogP contribution in [0.4, 0.5) is 0 Å². The molecule has 2 unspecified atom stereocenters. The van der Waals surface area contributed by atoms with E-state index in [1.807, 2.05) is 24.3 Å². The summed E-state index contributed by atoms with van der Waals surface area (Å²) in [5, 5.41) is 2.33. The molecule has 0 saturated carbocycles. The third-order valence-corrected chi connectivity index (χ3v) is 8.48. The van der Waals surface area contributed by atoms with E-state index in [-0.39, 0.29) is 17.9 Å². The van der Waals surface area contributed by atoms with Crippen LogP contribution in [0.25, 0.3) is 21.9 Å². The van der Waals surface area contributed by atoms with E-state index in [1.54, 1.807) is 14.2 Å². The molecule has 4 aromatic carbocycles. The van der Waals surface area contributed by atoms with Gasteiger partial charge in [0.25, 0.3) is 0 Å². The summed E-state index contributed by atoms with van der Waals surface area (Å²) >= 11 is 0. The first-order valence-electron chi connectivity index (χ1n) is 13.3. The van der Waals surface area contributed by atoms with Gasteiger partial charge in [-0.1, -0.05) is 91.9 Å². The molecular formula is C34H33NO3. The molecule has 2 aliphatic rings. The first-order valence-corrected chi connectivity index (χ1v) is 13.3. The summed E-state index contributed by atoms with van der Waals surface area (Å²) in [5.74, 6) is 1.72. The number of benzene rings is 4. The number of fused-ring (bicyclic) bond motifs is 2. The maximum atomic E-state index is 14.2. The molecule has 1 heterocycles. The summed E-state index contributed by atoms with van der Waals surface area (Å²) in [4.78, 5) is 16.3. The lowest BCUT2D eigenvalue weighted by Gasteiger charge is -2.33. The molecule has 4 heteroatoms. The van der Waals surface area contributed by atoms with Gasteiger partial charge >= 0.3 is 0 Å². The predicted octanol–water partition coefficient (Wildman–Crippen LogP) is 7.58. The van der Waals surface area contributed by atoms with E-state index in [1.165, 1.54) is 10.9 Å². The van der Waals surface area contributed by atoms with Gasteiger partial charge in [0.1, 0.15) is 0 Å². The first kappa shape index (κ1) is 24.3. The lowest BCUT2D eigenvalue weighted by Crippen LogP contribution is -2.34. The molecule has 1 aliphatic carbocycles. The molecule has 1 amide bonds. The van der Waals surface area contributed by atoms with E-state index in [2.05, 4.69) is 84.6 Å². The molecule has 4 nitrogen and oxygen atoms in total. The molecule has 6 rings (SSSR count). The number of hydrogen-bond acceptors (Lipinski definition) is 3. The third kappa shape index (κ3) is 3.87. The average molecular weight is 504 g/mol. The van der Waals surface area contributed by atoms with Gasteiger partial charge in [0, 0.05) is 12.5 Å². The van der Waals surface area contributed by atoms with Crippen LogP contribution in [0.1, 0.15) is 36.9 Å². The van der Waals surface area contributed by atoms with Crippen molar-refractivity contribution in [1.29, 1.82) is 0 Å². The van der Waals surface area contributed by atoms with Crippen molar-refractivity contribution in [2.24, 2.45) is 11.3 Å². The summed E-state index contributed by atoms with van der Waals surface area (Å²) in [6, 6.07) is 29.3. The number of carbonyl (C=O) groups excluding carboxylic acids is 1. The quantitative estimate of drug-likeness (QED) is 0.255. The summed E-state index contributed by atoms with van der Waals surface area (Å²) in [6.45, 7) is 2.75. The molecule has 1 saturated heterocycles. The van der Waals surface area contributed by atoms with Gasteiger partial charge in [-0.05, 0) is 58.0 Å². The number of ether oxygens (including phenoxy) is 2. The Hall–Kier alpha value is -4.05. The highest BCUT2D eigenvalue weighted by molar-refractivity contribution is 5.99. The van der Waals surface area contributed by atoms with Crippen molar-refractivity contribution in [3.63, 3.8) is 0 Å². The molecule has 0 N–H and O–H groups in total. The van der Waals surface area contributed by atoms with Crippen molar-refractivity contribution in [2.75, 3.05) is 14.2 Å². The molecule has 0 aromatic heterocycles. The van der Waals surface area contributed by atoms with Crippen molar-refractivity contribution in [3.8, 4) is 22.6 Å². The van der Waals surface area contributed by atoms with Crippen molar-refractivity contribution >= 4 is 16.7 Å². The van der Waals surface area contributed by atoms with Crippen LogP contribution in [0, 0.1) is 11.3 Å². The van der Waals surface area contributed by atoms with Gasteiger partial charge in [-0.3, -0.25) is 4.79 Å². The number of methoxy groups -OCH3 is 2. The highest BCUT2D eigenvalue weighted by Crippen LogP contribution is 2.56. The number of allylic oxidation sites excluding steroid dienone is 1. The van der Waals surface area contributed by atoms with Crippen LogP contribution < -0.4 is 9.47 Å². The molecular weight excluding hydrogens is 470 g/mol. The zero-order chi connectivity index (χ0) is 26.3. The zero-order valence-electron chi connectivity index (χ0n) is 22.2. The molecule has 192 valence electrons. The highest BCUT2D eigenvalue weighted by atomic mass is 16.5. The fourth-order valence-electron chi connectivity index (χ4n) is 6.52. The minimum absolute atomic E-state index is 0.0861. The normalized spacial score (nSPS) is 22.5. The predicted molar refractivity (Wildman–Crippen MR) is 152 cm³/mol. The Bertz CT molecular complexity index is 1530. The van der Waals surface area contributed by atoms with E-state index in [0.29, 0.717) is 18.0 Å². The van der Waals surface area contributed by atoms with Gasteiger partial charge < -0.3 is 14.4 Å². The van der Waals surface area contributed by atoms with Crippen molar-refractivity contribution in [1.82, 2.24) is 4.90 Å². The maximum absolute atomic E-state index is 14.2. The molecule has 0 bridgehead atoms. The minimum Gasteiger partial charge on any atom is -0.493 e. The smallest absolute Gasteiger partial charge is 0.230 e. The van der Waals surface area contributed by atoms with Gasteiger partial charge in [0.15, 0.2) is 11.5 Å². The summed E-state index contributed by atoms with van der Waals surface area (Å²) in [7, 11) is 3.32. The lowest BCUT2D eigenvalue weighted by molar-refractivity contribution is -0.137. The highest BCUT2D eigenvalue weighted by Gasteiger charge is 2.56. The van der Waals surface area contributed by atoms with Crippen LogP contribution in [-0.2, 0) is 11.3 Å². The SMILES string of the molecule is COc1ccc(-c2c(C3C4C=CCC[C@@]4(C)C(=O)N3Cc3ccccc3)ccc3ccccc23)cc1OC. The molecule has 0 radical (unpaired) electrons. The van der Waals surface area contributed by atoms with Crippen molar-refractivity contribution < 1.29 is 14.3 Å². The molecule has 1 fully saturated rings. The number of amides is 1. The van der Waals surface area contributed by atoms with Gasteiger partial charge in [0.2, 0.25) is 5.91 Å². The van der Waals surface area contributed by atoms with Crippen LogP contribution in [0.5, 0.6) is 11.5 Å².